The second kappa shape index (κ2) is 8.17. The molecule has 0 unspecified atom stereocenters. The van der Waals surface area contributed by atoms with Crippen LogP contribution >= 0.6 is 31.9 Å². The summed E-state index contributed by atoms with van der Waals surface area (Å²) in [6.45, 7) is 6.84. The third-order valence-corrected chi connectivity index (χ3v) is 3.67. The molecule has 0 bridgehead atoms. The molecule has 1 aliphatic rings. The first kappa shape index (κ1) is 17.7. The highest BCUT2D eigenvalue weighted by molar-refractivity contribution is 9.28. The van der Waals surface area contributed by atoms with E-state index in [1.54, 1.807) is 4.90 Å². The Kier molecular flexibility index (Phi) is 7.23. The Balaban J connectivity index is 2.68. The van der Waals surface area contributed by atoms with Gasteiger partial charge in [-0.05, 0) is 44.2 Å². The molecular formula is C14H21Br2NO3. The van der Waals surface area contributed by atoms with Crippen LogP contribution in [0.15, 0.2) is 9.47 Å². The number of hydrogen-bond acceptors (Lipinski definition) is 3. The Morgan fingerprint density at radius 1 is 1.50 bits per heavy atom. The molecule has 1 aliphatic heterocycles. The molecule has 1 amide bonds. The zero-order chi connectivity index (χ0) is 15.3. The predicted molar refractivity (Wildman–Crippen MR) is 85.6 cm³/mol. The largest absolute Gasteiger partial charge is 0.464 e. The van der Waals surface area contributed by atoms with Gasteiger partial charge >= 0.3 is 5.97 Å². The number of likely N-dealkylation sites (tertiary alicyclic amines) is 1. The van der Waals surface area contributed by atoms with Crippen LogP contribution < -0.4 is 0 Å². The molecule has 1 heterocycles. The van der Waals surface area contributed by atoms with Crippen LogP contribution in [-0.4, -0.2) is 36.0 Å². The lowest BCUT2D eigenvalue weighted by Gasteiger charge is -2.25. The quantitative estimate of drug-likeness (QED) is 0.630. The average Bonchev–Trinajstić information content (AvgIpc) is 2.68. The van der Waals surface area contributed by atoms with Crippen molar-refractivity contribution in [2.45, 2.75) is 39.7 Å². The van der Waals surface area contributed by atoms with E-state index in [2.05, 4.69) is 31.9 Å². The molecule has 0 saturated carbocycles. The van der Waals surface area contributed by atoms with Gasteiger partial charge in [-0.3, -0.25) is 4.79 Å². The van der Waals surface area contributed by atoms with E-state index in [0.717, 1.165) is 3.39 Å². The highest BCUT2D eigenvalue weighted by atomic mass is 79.9. The van der Waals surface area contributed by atoms with Crippen molar-refractivity contribution >= 4 is 43.7 Å². The zero-order valence-electron chi connectivity index (χ0n) is 12.1. The first-order valence-electron chi connectivity index (χ1n) is 6.84. The number of hydrogen-bond donors (Lipinski definition) is 0. The SMILES string of the molecule is CC[C@@H](C(=O)OCC(C)C)N1C[C@H](C=C(Br)Br)CC1=O. The number of carbonyl (C=O) groups is 2. The fraction of sp³-hybridized carbons (Fsp3) is 0.714. The van der Waals surface area contributed by atoms with Crippen molar-refractivity contribution in [3.63, 3.8) is 0 Å². The van der Waals surface area contributed by atoms with Crippen LogP contribution in [0.4, 0.5) is 0 Å². The van der Waals surface area contributed by atoms with Gasteiger partial charge in [-0.15, -0.1) is 0 Å². The maximum absolute atomic E-state index is 12.1. The third-order valence-electron chi connectivity index (χ3n) is 3.14. The van der Waals surface area contributed by atoms with E-state index in [1.165, 1.54) is 0 Å². The van der Waals surface area contributed by atoms with E-state index < -0.39 is 6.04 Å². The van der Waals surface area contributed by atoms with E-state index in [-0.39, 0.29) is 17.8 Å². The summed E-state index contributed by atoms with van der Waals surface area (Å²) in [4.78, 5) is 25.8. The monoisotopic (exact) mass is 409 g/mol. The maximum atomic E-state index is 12.1. The Morgan fingerprint density at radius 3 is 2.65 bits per heavy atom. The van der Waals surface area contributed by atoms with Gasteiger partial charge in [0.2, 0.25) is 5.91 Å². The molecule has 0 N–H and O–H groups in total. The number of rotatable bonds is 6. The molecule has 0 aromatic rings. The summed E-state index contributed by atoms with van der Waals surface area (Å²) in [5.41, 5.74) is 0. The lowest BCUT2D eigenvalue weighted by molar-refractivity contribution is -0.154. The second-order valence-corrected chi connectivity index (χ2v) is 8.19. The van der Waals surface area contributed by atoms with E-state index in [1.807, 2.05) is 26.8 Å². The number of carbonyl (C=O) groups excluding carboxylic acids is 2. The highest BCUT2D eigenvalue weighted by Crippen LogP contribution is 2.27. The van der Waals surface area contributed by atoms with Crippen LogP contribution in [-0.2, 0) is 14.3 Å². The fourth-order valence-corrected chi connectivity index (χ4v) is 2.96. The summed E-state index contributed by atoms with van der Waals surface area (Å²) < 4.78 is 6.10. The van der Waals surface area contributed by atoms with Crippen molar-refractivity contribution in [2.24, 2.45) is 11.8 Å². The smallest absolute Gasteiger partial charge is 0.328 e. The van der Waals surface area contributed by atoms with Crippen molar-refractivity contribution < 1.29 is 14.3 Å². The van der Waals surface area contributed by atoms with Gasteiger partial charge in [-0.2, -0.15) is 0 Å². The molecule has 1 rings (SSSR count). The molecule has 4 nitrogen and oxygen atoms in total. The van der Waals surface area contributed by atoms with Gasteiger partial charge < -0.3 is 9.64 Å². The van der Waals surface area contributed by atoms with Gasteiger partial charge in [0.15, 0.2) is 0 Å². The minimum absolute atomic E-state index is 0.0147. The summed E-state index contributed by atoms with van der Waals surface area (Å²) in [5.74, 6) is 0.145. The molecule has 0 aromatic heterocycles. The lowest BCUT2D eigenvalue weighted by Crippen LogP contribution is -2.43. The number of amides is 1. The van der Waals surface area contributed by atoms with Crippen LogP contribution in [0.25, 0.3) is 0 Å². The van der Waals surface area contributed by atoms with Crippen molar-refractivity contribution in [1.82, 2.24) is 4.90 Å². The average molecular weight is 411 g/mol. The predicted octanol–water partition coefficient (Wildman–Crippen LogP) is 3.44. The standard InChI is InChI=1S/C14H21Br2NO3/c1-4-11(14(19)20-8-9(2)3)17-7-10(5-12(15)16)6-13(17)18/h5,9-11H,4,6-8H2,1-3H3/t10-,11+/m1/s1. The maximum Gasteiger partial charge on any atom is 0.328 e. The van der Waals surface area contributed by atoms with Gasteiger partial charge in [-0.25, -0.2) is 4.79 Å². The fourth-order valence-electron chi connectivity index (χ4n) is 2.21. The molecule has 114 valence electrons. The van der Waals surface area contributed by atoms with Crippen molar-refractivity contribution in [2.75, 3.05) is 13.2 Å². The van der Waals surface area contributed by atoms with Gasteiger partial charge in [0.25, 0.3) is 0 Å². The summed E-state index contributed by atoms with van der Waals surface area (Å²) in [6, 6.07) is -0.464. The third kappa shape index (κ3) is 5.20. The van der Waals surface area contributed by atoms with Crippen molar-refractivity contribution in [3.05, 3.63) is 9.47 Å². The van der Waals surface area contributed by atoms with Gasteiger partial charge in [-0.1, -0.05) is 26.8 Å². The molecule has 6 heteroatoms. The molecule has 0 spiro atoms. The Bertz CT molecular complexity index is 392. The van der Waals surface area contributed by atoms with Crippen molar-refractivity contribution in [1.29, 1.82) is 0 Å². The van der Waals surface area contributed by atoms with Gasteiger partial charge in [0.1, 0.15) is 6.04 Å². The summed E-state index contributed by atoms with van der Waals surface area (Å²) in [7, 11) is 0. The summed E-state index contributed by atoms with van der Waals surface area (Å²) in [5, 5.41) is 0. The van der Waals surface area contributed by atoms with Crippen LogP contribution in [0, 0.1) is 11.8 Å². The van der Waals surface area contributed by atoms with E-state index in [0.29, 0.717) is 31.9 Å². The molecule has 0 aromatic carbocycles. The number of esters is 1. The Hall–Kier alpha value is -0.360. The van der Waals surface area contributed by atoms with E-state index in [4.69, 9.17) is 4.74 Å². The first-order valence-corrected chi connectivity index (χ1v) is 8.42. The number of ether oxygens (including phenoxy) is 1. The number of halogens is 2. The highest BCUT2D eigenvalue weighted by Gasteiger charge is 2.36. The Labute approximate surface area is 137 Å². The molecule has 0 aliphatic carbocycles. The van der Waals surface area contributed by atoms with E-state index in [9.17, 15) is 9.59 Å². The van der Waals surface area contributed by atoms with Crippen LogP contribution in [0.2, 0.25) is 0 Å². The zero-order valence-corrected chi connectivity index (χ0v) is 15.2. The van der Waals surface area contributed by atoms with Crippen LogP contribution in [0.5, 0.6) is 0 Å². The molecule has 20 heavy (non-hydrogen) atoms. The molecule has 2 atom stereocenters. The van der Waals surface area contributed by atoms with E-state index >= 15 is 0 Å². The lowest BCUT2D eigenvalue weighted by atomic mass is 10.1. The number of nitrogens with zero attached hydrogens (tertiary/aromatic N) is 1. The molecule has 1 fully saturated rings. The minimum Gasteiger partial charge on any atom is -0.464 e. The molecular weight excluding hydrogens is 390 g/mol. The minimum atomic E-state index is -0.464. The normalized spacial score (nSPS) is 20.2. The summed E-state index contributed by atoms with van der Waals surface area (Å²) in [6.07, 6.45) is 2.97. The Morgan fingerprint density at radius 2 is 2.15 bits per heavy atom. The first-order chi connectivity index (χ1) is 9.35. The summed E-state index contributed by atoms with van der Waals surface area (Å²) >= 11 is 6.61. The molecule has 1 saturated heterocycles. The van der Waals surface area contributed by atoms with Crippen molar-refractivity contribution in [3.8, 4) is 0 Å². The topological polar surface area (TPSA) is 46.6 Å². The van der Waals surface area contributed by atoms with Gasteiger partial charge in [0.05, 0.1) is 10.00 Å². The molecule has 0 radical (unpaired) electrons. The second-order valence-electron chi connectivity index (χ2n) is 5.41. The van der Waals surface area contributed by atoms with Gasteiger partial charge in [0, 0.05) is 18.9 Å². The van der Waals surface area contributed by atoms with Crippen LogP contribution in [0.3, 0.4) is 0 Å². The van der Waals surface area contributed by atoms with Crippen LogP contribution in [0.1, 0.15) is 33.6 Å².